The van der Waals surface area contributed by atoms with Crippen LogP contribution in [0.3, 0.4) is 0 Å². The lowest BCUT2D eigenvalue weighted by Gasteiger charge is -2.17. The highest BCUT2D eigenvalue weighted by Crippen LogP contribution is 2.38. The van der Waals surface area contributed by atoms with Crippen LogP contribution in [0.1, 0.15) is 22.7 Å². The van der Waals surface area contributed by atoms with E-state index in [9.17, 15) is 13.2 Å². The largest absolute Gasteiger partial charge is 0.493 e. The van der Waals surface area contributed by atoms with Gasteiger partial charge in [0.05, 0.1) is 12.6 Å². The highest BCUT2D eigenvalue weighted by Gasteiger charge is 2.24. The second kappa shape index (κ2) is 5.24. The third-order valence-electron chi connectivity index (χ3n) is 3.48. The summed E-state index contributed by atoms with van der Waals surface area (Å²) in [5.41, 5.74) is 7.60. The summed E-state index contributed by atoms with van der Waals surface area (Å²) in [6.07, 6.45) is 0.696. The summed E-state index contributed by atoms with van der Waals surface area (Å²) in [5.74, 6) is -3.49. The zero-order chi connectivity index (χ0) is 15.1. The van der Waals surface area contributed by atoms with Gasteiger partial charge in [0.1, 0.15) is 5.75 Å². The van der Waals surface area contributed by atoms with Crippen molar-refractivity contribution in [2.75, 3.05) is 6.61 Å². The SMILES string of the molecule is NC(c1cc(F)c(F)c(F)c1)c1cc(Cl)cc2c1OCC2. The molecule has 110 valence electrons. The number of hydrogen-bond donors (Lipinski definition) is 1. The monoisotopic (exact) mass is 313 g/mol. The number of benzene rings is 2. The number of ether oxygens (including phenoxy) is 1. The van der Waals surface area contributed by atoms with Gasteiger partial charge in [-0.1, -0.05) is 11.6 Å². The van der Waals surface area contributed by atoms with E-state index in [1.807, 2.05) is 0 Å². The van der Waals surface area contributed by atoms with E-state index in [2.05, 4.69) is 0 Å². The van der Waals surface area contributed by atoms with Gasteiger partial charge in [0, 0.05) is 17.0 Å². The van der Waals surface area contributed by atoms with Crippen LogP contribution in [0.25, 0.3) is 0 Å². The molecule has 0 fully saturated rings. The molecule has 2 aromatic carbocycles. The minimum absolute atomic E-state index is 0.117. The van der Waals surface area contributed by atoms with Gasteiger partial charge in [-0.25, -0.2) is 13.2 Å². The molecule has 2 nitrogen and oxygen atoms in total. The first-order chi connectivity index (χ1) is 9.97. The average molecular weight is 314 g/mol. The van der Waals surface area contributed by atoms with Gasteiger partial charge in [0.2, 0.25) is 0 Å². The molecule has 2 aromatic rings. The van der Waals surface area contributed by atoms with Gasteiger partial charge >= 0.3 is 0 Å². The molecule has 0 aromatic heterocycles. The Balaban J connectivity index is 2.09. The number of hydrogen-bond acceptors (Lipinski definition) is 2. The summed E-state index contributed by atoms with van der Waals surface area (Å²) < 4.78 is 45.2. The summed E-state index contributed by atoms with van der Waals surface area (Å²) in [6.45, 7) is 0.502. The molecule has 1 aliphatic heterocycles. The average Bonchev–Trinajstić information content (AvgIpc) is 2.90. The lowest BCUT2D eigenvalue weighted by Crippen LogP contribution is -2.14. The Morgan fingerprint density at radius 2 is 1.76 bits per heavy atom. The van der Waals surface area contributed by atoms with E-state index >= 15 is 0 Å². The molecule has 1 aliphatic rings. The van der Waals surface area contributed by atoms with E-state index in [0.29, 0.717) is 29.4 Å². The zero-order valence-corrected chi connectivity index (χ0v) is 11.6. The first-order valence-corrected chi connectivity index (χ1v) is 6.70. The van der Waals surface area contributed by atoms with Gasteiger partial charge in [0.15, 0.2) is 17.5 Å². The Morgan fingerprint density at radius 3 is 2.43 bits per heavy atom. The molecule has 0 amide bonds. The highest BCUT2D eigenvalue weighted by molar-refractivity contribution is 6.30. The maximum absolute atomic E-state index is 13.3. The molecular formula is C15H11ClF3NO. The van der Waals surface area contributed by atoms with Crippen molar-refractivity contribution in [2.24, 2.45) is 5.73 Å². The second-order valence-electron chi connectivity index (χ2n) is 4.86. The van der Waals surface area contributed by atoms with E-state index < -0.39 is 23.5 Å². The van der Waals surface area contributed by atoms with Gasteiger partial charge in [0.25, 0.3) is 0 Å². The molecule has 1 atom stereocenters. The fourth-order valence-electron chi connectivity index (χ4n) is 2.46. The number of fused-ring (bicyclic) bond motifs is 1. The van der Waals surface area contributed by atoms with Crippen LogP contribution < -0.4 is 10.5 Å². The standard InChI is InChI=1S/C15H11ClF3NO/c16-9-3-7-1-2-21-15(7)10(6-9)14(20)8-4-11(17)13(19)12(18)5-8/h3-6,14H,1-2,20H2. The van der Waals surface area contributed by atoms with Gasteiger partial charge in [-0.05, 0) is 35.4 Å². The summed E-state index contributed by atoms with van der Waals surface area (Å²) in [4.78, 5) is 0. The van der Waals surface area contributed by atoms with Crippen molar-refractivity contribution in [3.05, 3.63) is 63.4 Å². The van der Waals surface area contributed by atoms with Crippen molar-refractivity contribution in [2.45, 2.75) is 12.5 Å². The molecule has 0 bridgehead atoms. The minimum Gasteiger partial charge on any atom is -0.493 e. The molecular weight excluding hydrogens is 303 g/mol. The molecule has 3 rings (SSSR count). The predicted octanol–water partition coefficient (Wildman–Crippen LogP) is 3.74. The fraction of sp³-hybridized carbons (Fsp3) is 0.200. The molecule has 21 heavy (non-hydrogen) atoms. The van der Waals surface area contributed by atoms with Gasteiger partial charge in [-0.15, -0.1) is 0 Å². The molecule has 0 aliphatic carbocycles. The van der Waals surface area contributed by atoms with Crippen molar-refractivity contribution < 1.29 is 17.9 Å². The van der Waals surface area contributed by atoms with Crippen LogP contribution in [-0.4, -0.2) is 6.61 Å². The summed E-state index contributed by atoms with van der Waals surface area (Å²) in [6, 6.07) is 4.26. The molecule has 0 saturated heterocycles. The van der Waals surface area contributed by atoms with E-state index in [-0.39, 0.29) is 5.56 Å². The third kappa shape index (κ3) is 2.47. The first kappa shape index (κ1) is 14.2. The molecule has 0 saturated carbocycles. The first-order valence-electron chi connectivity index (χ1n) is 6.32. The van der Waals surface area contributed by atoms with E-state index in [1.54, 1.807) is 12.1 Å². The van der Waals surface area contributed by atoms with Gasteiger partial charge < -0.3 is 10.5 Å². The molecule has 0 radical (unpaired) electrons. The molecule has 1 unspecified atom stereocenters. The van der Waals surface area contributed by atoms with E-state index in [0.717, 1.165) is 17.7 Å². The third-order valence-corrected chi connectivity index (χ3v) is 3.70. The lowest BCUT2D eigenvalue weighted by atomic mass is 9.96. The minimum atomic E-state index is -1.52. The summed E-state index contributed by atoms with van der Waals surface area (Å²) >= 11 is 6.03. The van der Waals surface area contributed by atoms with Crippen molar-refractivity contribution in [3.63, 3.8) is 0 Å². The number of nitrogens with two attached hydrogens (primary N) is 1. The normalized spacial score (nSPS) is 14.7. The maximum atomic E-state index is 13.3. The molecule has 2 N–H and O–H groups in total. The van der Waals surface area contributed by atoms with Crippen LogP contribution in [0.4, 0.5) is 13.2 Å². The Morgan fingerprint density at radius 1 is 1.10 bits per heavy atom. The molecule has 1 heterocycles. The zero-order valence-electron chi connectivity index (χ0n) is 10.8. The van der Waals surface area contributed by atoms with Crippen molar-refractivity contribution >= 4 is 11.6 Å². The van der Waals surface area contributed by atoms with Crippen molar-refractivity contribution in [3.8, 4) is 5.75 Å². The topological polar surface area (TPSA) is 35.2 Å². The van der Waals surface area contributed by atoms with Crippen LogP contribution in [0.5, 0.6) is 5.75 Å². The van der Waals surface area contributed by atoms with Crippen LogP contribution >= 0.6 is 11.6 Å². The molecule has 6 heteroatoms. The smallest absolute Gasteiger partial charge is 0.194 e. The van der Waals surface area contributed by atoms with Gasteiger partial charge in [-0.3, -0.25) is 0 Å². The van der Waals surface area contributed by atoms with Crippen LogP contribution in [-0.2, 0) is 6.42 Å². The Labute approximate surface area is 124 Å². The fourth-order valence-corrected chi connectivity index (χ4v) is 2.71. The summed E-state index contributed by atoms with van der Waals surface area (Å²) in [7, 11) is 0. The lowest BCUT2D eigenvalue weighted by molar-refractivity contribution is 0.352. The van der Waals surface area contributed by atoms with Crippen molar-refractivity contribution in [1.29, 1.82) is 0 Å². The van der Waals surface area contributed by atoms with Crippen LogP contribution in [0.15, 0.2) is 24.3 Å². The van der Waals surface area contributed by atoms with E-state index in [1.165, 1.54) is 0 Å². The maximum Gasteiger partial charge on any atom is 0.194 e. The van der Waals surface area contributed by atoms with Crippen LogP contribution in [0.2, 0.25) is 5.02 Å². The Kier molecular flexibility index (Phi) is 3.55. The number of halogens is 4. The van der Waals surface area contributed by atoms with Gasteiger partial charge in [-0.2, -0.15) is 0 Å². The van der Waals surface area contributed by atoms with E-state index in [4.69, 9.17) is 22.1 Å². The predicted molar refractivity (Wildman–Crippen MR) is 73.0 cm³/mol. The quantitative estimate of drug-likeness (QED) is 0.857. The number of rotatable bonds is 2. The van der Waals surface area contributed by atoms with Crippen LogP contribution in [0, 0.1) is 17.5 Å². The summed E-state index contributed by atoms with van der Waals surface area (Å²) in [5, 5.41) is 0.466. The van der Waals surface area contributed by atoms with Crippen molar-refractivity contribution in [1.82, 2.24) is 0 Å². The Hall–Kier alpha value is -1.72. The Bertz CT molecular complexity index is 697. The highest BCUT2D eigenvalue weighted by atomic mass is 35.5. The second-order valence-corrected chi connectivity index (χ2v) is 5.29. The molecule has 0 spiro atoms.